The quantitative estimate of drug-likeness (QED) is 0.893. The summed E-state index contributed by atoms with van der Waals surface area (Å²) in [5, 5.41) is 11.7. The van der Waals surface area contributed by atoms with Crippen molar-refractivity contribution in [2.24, 2.45) is 0 Å². The molecule has 118 valence electrons. The smallest absolute Gasteiger partial charge is 0.233 e. The summed E-state index contributed by atoms with van der Waals surface area (Å²) in [6, 6.07) is 0.187. The van der Waals surface area contributed by atoms with Gasteiger partial charge in [0.15, 0.2) is 0 Å². The van der Waals surface area contributed by atoms with Gasteiger partial charge in [0, 0.05) is 19.0 Å². The van der Waals surface area contributed by atoms with E-state index in [0.717, 1.165) is 32.2 Å². The van der Waals surface area contributed by atoms with Gasteiger partial charge in [0.1, 0.15) is 0 Å². The molecular weight excluding hydrogens is 292 g/mol. The van der Waals surface area contributed by atoms with Crippen molar-refractivity contribution in [3.8, 4) is 0 Å². The molecule has 0 saturated carbocycles. The minimum atomic E-state index is -3.08. The highest BCUT2D eigenvalue weighted by Gasteiger charge is 2.31. The van der Waals surface area contributed by atoms with E-state index in [0.29, 0.717) is 24.9 Å². The van der Waals surface area contributed by atoms with Gasteiger partial charge in [-0.3, -0.25) is 0 Å². The van der Waals surface area contributed by atoms with E-state index in [1.807, 2.05) is 0 Å². The summed E-state index contributed by atoms with van der Waals surface area (Å²) >= 11 is 0. The Morgan fingerprint density at radius 2 is 1.95 bits per heavy atom. The standard InChI is InChI=1S/C13H22N4O3S/c1-2-21(18,19)17-8-5-10(6-9-17)12-15-16-13(20-12)11-4-3-7-14-11/h10-11,14H,2-9H2,1H3. The van der Waals surface area contributed by atoms with Crippen LogP contribution in [0.1, 0.15) is 56.3 Å². The summed E-state index contributed by atoms with van der Waals surface area (Å²) in [5.41, 5.74) is 0. The molecule has 1 aromatic heterocycles. The van der Waals surface area contributed by atoms with Gasteiger partial charge in [-0.2, -0.15) is 0 Å². The van der Waals surface area contributed by atoms with Crippen molar-refractivity contribution >= 4 is 10.0 Å². The molecule has 0 aliphatic carbocycles. The maximum atomic E-state index is 11.8. The highest BCUT2D eigenvalue weighted by molar-refractivity contribution is 7.89. The average Bonchev–Trinajstić information content (AvgIpc) is 3.18. The molecule has 1 aromatic rings. The summed E-state index contributed by atoms with van der Waals surface area (Å²) in [4.78, 5) is 0. The number of sulfonamides is 1. The molecule has 1 atom stereocenters. The van der Waals surface area contributed by atoms with Crippen molar-refractivity contribution < 1.29 is 12.8 Å². The number of nitrogens with zero attached hydrogens (tertiary/aromatic N) is 3. The van der Waals surface area contributed by atoms with E-state index in [9.17, 15) is 8.42 Å². The molecule has 0 aromatic carbocycles. The minimum Gasteiger partial charge on any atom is -0.423 e. The Hall–Kier alpha value is -0.990. The third kappa shape index (κ3) is 3.12. The zero-order valence-corrected chi connectivity index (χ0v) is 13.1. The van der Waals surface area contributed by atoms with Gasteiger partial charge in [-0.05, 0) is 39.2 Å². The molecule has 2 aliphatic rings. The Kier molecular flexibility index (Phi) is 4.28. The van der Waals surface area contributed by atoms with Crippen LogP contribution < -0.4 is 5.32 Å². The molecule has 8 heteroatoms. The SMILES string of the molecule is CCS(=O)(=O)N1CCC(c2nnc(C3CCCN3)o2)CC1. The fourth-order valence-corrected chi connectivity index (χ4v) is 4.14. The highest BCUT2D eigenvalue weighted by Crippen LogP contribution is 2.30. The van der Waals surface area contributed by atoms with Gasteiger partial charge < -0.3 is 9.73 Å². The summed E-state index contributed by atoms with van der Waals surface area (Å²) in [6.07, 6.45) is 3.67. The molecule has 0 bridgehead atoms. The first-order valence-corrected chi connectivity index (χ1v) is 9.25. The summed E-state index contributed by atoms with van der Waals surface area (Å²) in [5.74, 6) is 1.67. The van der Waals surface area contributed by atoms with Crippen molar-refractivity contribution in [3.05, 3.63) is 11.8 Å². The number of aromatic nitrogens is 2. The zero-order chi connectivity index (χ0) is 14.9. The lowest BCUT2D eigenvalue weighted by Gasteiger charge is -2.29. The van der Waals surface area contributed by atoms with Crippen LogP contribution in [0.2, 0.25) is 0 Å². The summed E-state index contributed by atoms with van der Waals surface area (Å²) in [6.45, 7) is 3.76. The normalized spacial score (nSPS) is 25.5. The Labute approximate surface area is 125 Å². The fraction of sp³-hybridized carbons (Fsp3) is 0.846. The van der Waals surface area contributed by atoms with Crippen molar-refractivity contribution in [2.45, 2.75) is 44.6 Å². The Bertz CT molecular complexity index is 572. The first kappa shape index (κ1) is 14.9. The van der Waals surface area contributed by atoms with Gasteiger partial charge in [-0.1, -0.05) is 0 Å². The molecule has 0 amide bonds. The molecular formula is C13H22N4O3S. The molecule has 1 N–H and O–H groups in total. The van der Waals surface area contributed by atoms with Crippen LogP contribution in [0.5, 0.6) is 0 Å². The van der Waals surface area contributed by atoms with Crippen molar-refractivity contribution in [1.82, 2.24) is 19.8 Å². The first-order chi connectivity index (χ1) is 10.1. The molecule has 2 fully saturated rings. The molecule has 0 radical (unpaired) electrons. The first-order valence-electron chi connectivity index (χ1n) is 7.64. The van der Waals surface area contributed by atoms with Crippen molar-refractivity contribution in [1.29, 1.82) is 0 Å². The number of hydrogen-bond donors (Lipinski definition) is 1. The fourth-order valence-electron chi connectivity index (χ4n) is 3.01. The maximum Gasteiger partial charge on any atom is 0.233 e. The second-order valence-corrected chi connectivity index (χ2v) is 7.96. The van der Waals surface area contributed by atoms with Gasteiger partial charge in [0.25, 0.3) is 0 Å². The summed E-state index contributed by atoms with van der Waals surface area (Å²) < 4.78 is 31.1. The third-order valence-corrected chi connectivity index (χ3v) is 6.26. The lowest BCUT2D eigenvalue weighted by Crippen LogP contribution is -2.38. The predicted molar refractivity (Wildman–Crippen MR) is 77.3 cm³/mol. The van der Waals surface area contributed by atoms with E-state index in [1.54, 1.807) is 11.2 Å². The highest BCUT2D eigenvalue weighted by atomic mass is 32.2. The van der Waals surface area contributed by atoms with Crippen LogP contribution in [0, 0.1) is 0 Å². The number of rotatable bonds is 4. The largest absolute Gasteiger partial charge is 0.423 e. The molecule has 1 unspecified atom stereocenters. The van der Waals surface area contributed by atoms with Crippen LogP contribution in [0.25, 0.3) is 0 Å². The molecule has 7 nitrogen and oxygen atoms in total. The van der Waals surface area contributed by atoms with Gasteiger partial charge in [-0.25, -0.2) is 12.7 Å². The molecule has 0 spiro atoms. The number of nitrogens with one attached hydrogen (secondary N) is 1. The van der Waals surface area contributed by atoms with E-state index < -0.39 is 10.0 Å². The second-order valence-electron chi connectivity index (χ2n) is 5.70. The lowest BCUT2D eigenvalue weighted by atomic mass is 9.98. The van der Waals surface area contributed by atoms with E-state index in [2.05, 4.69) is 15.5 Å². The van der Waals surface area contributed by atoms with Crippen LogP contribution in [0.15, 0.2) is 4.42 Å². The van der Waals surface area contributed by atoms with Crippen LogP contribution in [0.4, 0.5) is 0 Å². The van der Waals surface area contributed by atoms with Crippen LogP contribution in [0.3, 0.4) is 0 Å². The van der Waals surface area contributed by atoms with E-state index >= 15 is 0 Å². The monoisotopic (exact) mass is 314 g/mol. The van der Waals surface area contributed by atoms with Crippen molar-refractivity contribution in [2.75, 3.05) is 25.4 Å². The Morgan fingerprint density at radius 1 is 1.24 bits per heavy atom. The van der Waals surface area contributed by atoms with Gasteiger partial charge in [0.2, 0.25) is 21.8 Å². The number of hydrogen-bond acceptors (Lipinski definition) is 6. The Morgan fingerprint density at radius 3 is 2.57 bits per heavy atom. The van der Waals surface area contributed by atoms with Crippen molar-refractivity contribution in [3.63, 3.8) is 0 Å². The number of piperidine rings is 1. The molecule has 2 aliphatic heterocycles. The second kappa shape index (κ2) is 6.02. The van der Waals surface area contributed by atoms with E-state index in [1.165, 1.54) is 0 Å². The molecule has 3 heterocycles. The van der Waals surface area contributed by atoms with E-state index in [4.69, 9.17) is 4.42 Å². The van der Waals surface area contributed by atoms with Gasteiger partial charge in [0.05, 0.1) is 11.8 Å². The van der Waals surface area contributed by atoms with Crippen LogP contribution in [-0.2, 0) is 10.0 Å². The summed E-state index contributed by atoms with van der Waals surface area (Å²) in [7, 11) is -3.08. The maximum absolute atomic E-state index is 11.8. The average molecular weight is 314 g/mol. The van der Waals surface area contributed by atoms with Gasteiger partial charge >= 0.3 is 0 Å². The van der Waals surface area contributed by atoms with Crippen LogP contribution in [-0.4, -0.2) is 48.3 Å². The third-order valence-electron chi connectivity index (χ3n) is 4.38. The molecule has 2 saturated heterocycles. The zero-order valence-electron chi connectivity index (χ0n) is 12.3. The van der Waals surface area contributed by atoms with Gasteiger partial charge in [-0.15, -0.1) is 10.2 Å². The topological polar surface area (TPSA) is 88.3 Å². The molecule has 21 heavy (non-hydrogen) atoms. The predicted octanol–water partition coefficient (Wildman–Crippen LogP) is 1.02. The van der Waals surface area contributed by atoms with Crippen LogP contribution >= 0.6 is 0 Å². The lowest BCUT2D eigenvalue weighted by molar-refractivity contribution is 0.282. The minimum absolute atomic E-state index is 0.162. The molecule has 3 rings (SSSR count). The van der Waals surface area contributed by atoms with E-state index in [-0.39, 0.29) is 17.7 Å². The Balaban J connectivity index is 1.62.